The van der Waals surface area contributed by atoms with E-state index in [-0.39, 0.29) is 6.61 Å². The van der Waals surface area contributed by atoms with Crippen molar-refractivity contribution in [2.24, 2.45) is 0 Å². The summed E-state index contributed by atoms with van der Waals surface area (Å²) >= 11 is 6.22. The molecule has 1 fully saturated rings. The Kier molecular flexibility index (Phi) is 4.41. The number of hydrogen-bond donors (Lipinski definition) is 1. The molecule has 0 unspecified atom stereocenters. The highest BCUT2D eigenvalue weighted by atomic mass is 35.5. The third-order valence-corrected chi connectivity index (χ3v) is 3.65. The molecule has 3 rings (SSSR count). The zero-order valence-electron chi connectivity index (χ0n) is 11.9. The van der Waals surface area contributed by atoms with Gasteiger partial charge in [0.05, 0.1) is 5.02 Å². The number of nitrogens with one attached hydrogen (secondary N) is 1. The second-order valence-electron chi connectivity index (χ2n) is 5.15. The Bertz CT molecular complexity index is 611. The fraction of sp³-hybridized carbons (Fsp3) is 0.467. The Morgan fingerprint density at radius 2 is 2.29 bits per heavy atom. The van der Waals surface area contributed by atoms with Crippen molar-refractivity contribution in [1.82, 2.24) is 15.5 Å². The lowest BCUT2D eigenvalue weighted by molar-refractivity contribution is 0.242. The van der Waals surface area contributed by atoms with E-state index < -0.39 is 0 Å². The largest absolute Gasteiger partial charge is 0.482 e. The van der Waals surface area contributed by atoms with E-state index in [2.05, 4.69) is 22.4 Å². The zero-order valence-corrected chi connectivity index (χ0v) is 12.7. The van der Waals surface area contributed by atoms with Gasteiger partial charge in [0, 0.05) is 12.5 Å². The van der Waals surface area contributed by atoms with Crippen LogP contribution >= 0.6 is 11.6 Å². The molecule has 2 aromatic rings. The molecule has 0 radical (unpaired) electrons. The quantitative estimate of drug-likeness (QED) is 0.850. The fourth-order valence-corrected chi connectivity index (χ4v) is 2.27. The lowest BCUT2D eigenvalue weighted by atomic mass is 10.2. The second-order valence-corrected chi connectivity index (χ2v) is 5.56. The summed E-state index contributed by atoms with van der Waals surface area (Å²) in [6, 6.07) is 5.77. The Morgan fingerprint density at radius 3 is 3.00 bits per heavy atom. The fourth-order valence-electron chi connectivity index (χ4n) is 2.01. The van der Waals surface area contributed by atoms with Gasteiger partial charge in [0.1, 0.15) is 5.75 Å². The predicted molar refractivity (Wildman–Crippen MR) is 79.4 cm³/mol. The molecule has 1 aliphatic carbocycles. The molecule has 1 N–H and O–H groups in total. The highest BCUT2D eigenvalue weighted by Crippen LogP contribution is 2.38. The summed E-state index contributed by atoms with van der Waals surface area (Å²) in [6.07, 6.45) is 2.30. The molecule has 0 aliphatic heterocycles. The maximum absolute atomic E-state index is 6.22. The van der Waals surface area contributed by atoms with Crippen LogP contribution in [0.3, 0.4) is 0 Å². The summed E-state index contributed by atoms with van der Waals surface area (Å²) in [5, 5.41) is 7.80. The number of nitrogens with zero attached hydrogens (tertiary/aromatic N) is 2. The first-order valence-electron chi connectivity index (χ1n) is 7.20. The minimum Gasteiger partial charge on any atom is -0.482 e. The van der Waals surface area contributed by atoms with Crippen LogP contribution in [0.2, 0.25) is 5.02 Å². The SMILES string of the molecule is CCNCc1ccc(OCc2nc(C3CC3)no2)c(Cl)c1. The Hall–Kier alpha value is -1.59. The third kappa shape index (κ3) is 3.74. The third-order valence-electron chi connectivity index (χ3n) is 3.35. The number of ether oxygens (including phenoxy) is 1. The lowest BCUT2D eigenvalue weighted by Crippen LogP contribution is -2.11. The molecule has 0 spiro atoms. The van der Waals surface area contributed by atoms with E-state index in [0.29, 0.717) is 22.6 Å². The summed E-state index contributed by atoms with van der Waals surface area (Å²) in [4.78, 5) is 4.32. The van der Waals surface area contributed by atoms with Gasteiger partial charge in [-0.15, -0.1) is 0 Å². The van der Waals surface area contributed by atoms with Gasteiger partial charge in [-0.05, 0) is 37.1 Å². The van der Waals surface area contributed by atoms with Crippen LogP contribution in [0, 0.1) is 0 Å². The number of hydrogen-bond acceptors (Lipinski definition) is 5. The Labute approximate surface area is 128 Å². The van der Waals surface area contributed by atoms with Gasteiger partial charge in [-0.25, -0.2) is 0 Å². The first-order chi connectivity index (χ1) is 10.3. The summed E-state index contributed by atoms with van der Waals surface area (Å²) in [5.41, 5.74) is 1.13. The lowest BCUT2D eigenvalue weighted by Gasteiger charge is -2.08. The molecule has 112 valence electrons. The number of rotatable bonds is 7. The maximum Gasteiger partial charge on any atom is 0.264 e. The highest BCUT2D eigenvalue weighted by Gasteiger charge is 2.28. The zero-order chi connectivity index (χ0) is 14.7. The molecular weight excluding hydrogens is 290 g/mol. The average Bonchev–Trinajstić information content (AvgIpc) is 3.23. The van der Waals surface area contributed by atoms with Crippen LogP contribution in [-0.4, -0.2) is 16.7 Å². The molecule has 0 bridgehead atoms. The van der Waals surface area contributed by atoms with E-state index in [1.54, 1.807) is 0 Å². The van der Waals surface area contributed by atoms with E-state index in [9.17, 15) is 0 Å². The van der Waals surface area contributed by atoms with Gasteiger partial charge < -0.3 is 14.6 Å². The second kappa shape index (κ2) is 6.45. The topological polar surface area (TPSA) is 60.2 Å². The number of benzene rings is 1. The number of aromatic nitrogens is 2. The molecule has 0 amide bonds. The van der Waals surface area contributed by atoms with Gasteiger partial charge in [0.15, 0.2) is 12.4 Å². The predicted octanol–water partition coefficient (Wildman–Crippen LogP) is 3.29. The summed E-state index contributed by atoms with van der Waals surface area (Å²) in [5.74, 6) is 2.39. The Balaban J connectivity index is 1.58. The average molecular weight is 308 g/mol. The van der Waals surface area contributed by atoms with E-state index in [1.807, 2.05) is 18.2 Å². The van der Waals surface area contributed by atoms with E-state index in [4.69, 9.17) is 20.9 Å². The highest BCUT2D eigenvalue weighted by molar-refractivity contribution is 6.32. The minimum atomic E-state index is 0.242. The summed E-state index contributed by atoms with van der Waals surface area (Å²) in [6.45, 7) is 4.03. The van der Waals surface area contributed by atoms with Crippen molar-refractivity contribution in [2.45, 2.75) is 38.8 Å². The van der Waals surface area contributed by atoms with E-state index >= 15 is 0 Å². The Morgan fingerprint density at radius 1 is 1.43 bits per heavy atom. The molecule has 0 saturated heterocycles. The van der Waals surface area contributed by atoms with Crippen LogP contribution in [0.4, 0.5) is 0 Å². The first kappa shape index (κ1) is 14.4. The maximum atomic E-state index is 6.22. The molecule has 1 aliphatic rings. The minimum absolute atomic E-state index is 0.242. The van der Waals surface area contributed by atoms with Gasteiger partial charge in [-0.1, -0.05) is 29.7 Å². The van der Waals surface area contributed by atoms with E-state index in [1.165, 1.54) is 0 Å². The van der Waals surface area contributed by atoms with Crippen molar-refractivity contribution in [1.29, 1.82) is 0 Å². The van der Waals surface area contributed by atoms with Gasteiger partial charge in [0.2, 0.25) is 0 Å². The molecule has 0 atom stereocenters. The van der Waals surface area contributed by atoms with Gasteiger partial charge in [-0.3, -0.25) is 0 Å². The van der Waals surface area contributed by atoms with Crippen molar-refractivity contribution in [3.8, 4) is 5.75 Å². The molecule has 1 heterocycles. The molecule has 1 saturated carbocycles. The molecule has 1 aromatic heterocycles. The van der Waals surface area contributed by atoms with Crippen LogP contribution in [-0.2, 0) is 13.2 Å². The summed E-state index contributed by atoms with van der Waals surface area (Å²) in [7, 11) is 0. The molecule has 21 heavy (non-hydrogen) atoms. The smallest absolute Gasteiger partial charge is 0.264 e. The summed E-state index contributed by atoms with van der Waals surface area (Å²) < 4.78 is 10.8. The van der Waals surface area contributed by atoms with Crippen LogP contribution in [0.15, 0.2) is 22.7 Å². The normalized spacial score (nSPS) is 14.4. The van der Waals surface area contributed by atoms with Crippen molar-refractivity contribution >= 4 is 11.6 Å². The van der Waals surface area contributed by atoms with Crippen LogP contribution in [0.1, 0.15) is 43.0 Å². The first-order valence-corrected chi connectivity index (χ1v) is 7.58. The molecule has 5 nitrogen and oxygen atoms in total. The number of halogens is 1. The molecular formula is C15H18ClN3O2. The van der Waals surface area contributed by atoms with Gasteiger partial charge >= 0.3 is 0 Å². The van der Waals surface area contributed by atoms with Crippen molar-refractivity contribution in [2.75, 3.05) is 6.54 Å². The molecule has 1 aromatic carbocycles. The van der Waals surface area contributed by atoms with Gasteiger partial charge in [-0.2, -0.15) is 4.98 Å². The standard InChI is InChI=1S/C15H18ClN3O2/c1-2-17-8-10-3-6-13(12(16)7-10)20-9-14-18-15(19-21-14)11-4-5-11/h3,6-7,11,17H,2,4-5,8-9H2,1H3. The van der Waals surface area contributed by atoms with Crippen LogP contribution < -0.4 is 10.1 Å². The molecule has 6 heteroatoms. The van der Waals surface area contributed by atoms with E-state index in [0.717, 1.165) is 37.3 Å². The van der Waals surface area contributed by atoms with Crippen molar-refractivity contribution in [3.63, 3.8) is 0 Å². The van der Waals surface area contributed by atoms with Crippen LogP contribution in [0.5, 0.6) is 5.75 Å². The van der Waals surface area contributed by atoms with Crippen molar-refractivity contribution < 1.29 is 9.26 Å². The van der Waals surface area contributed by atoms with Crippen molar-refractivity contribution in [3.05, 3.63) is 40.5 Å². The van der Waals surface area contributed by atoms with Gasteiger partial charge in [0.25, 0.3) is 5.89 Å². The monoisotopic (exact) mass is 307 g/mol. The van der Waals surface area contributed by atoms with Crippen LogP contribution in [0.25, 0.3) is 0 Å².